The molecule has 180 valence electrons. The lowest BCUT2D eigenvalue weighted by atomic mass is 10.1. The van der Waals surface area contributed by atoms with Crippen LogP contribution in [0.4, 0.5) is 10.5 Å². The Morgan fingerprint density at radius 1 is 1.15 bits per heavy atom. The summed E-state index contributed by atoms with van der Waals surface area (Å²) in [5.74, 6) is 1.63. The molecule has 2 aliphatic heterocycles. The minimum Gasteiger partial charge on any atom is -0.497 e. The zero-order valence-electron chi connectivity index (χ0n) is 19.5. The van der Waals surface area contributed by atoms with Gasteiger partial charge in [-0.05, 0) is 30.7 Å². The topological polar surface area (TPSA) is 94.6 Å². The number of amides is 2. The molecule has 9 heteroatoms. The molecule has 1 atom stereocenters. The standard InChI is InChI=1S/C25H28N2O7/c1-16(28)26(13-17-6-8-19(31-2)12-23(17)32-3)14-20-15-27(25(30)34-20)18-7-9-21-22(29)5-4-10-33-24(21)11-18/h6-9,11-12,20H,4-5,10,13-15H2,1-3H3. The fraction of sp³-hybridized carbons (Fsp3) is 0.400. The molecule has 1 unspecified atom stereocenters. The van der Waals surface area contributed by atoms with Gasteiger partial charge in [0.15, 0.2) is 5.78 Å². The quantitative estimate of drug-likeness (QED) is 0.614. The summed E-state index contributed by atoms with van der Waals surface area (Å²) in [6.07, 6.45) is 0.0914. The second kappa shape index (κ2) is 10.0. The lowest BCUT2D eigenvalue weighted by Gasteiger charge is -2.24. The van der Waals surface area contributed by atoms with Crippen molar-refractivity contribution < 1.29 is 33.3 Å². The third-order valence-corrected chi connectivity index (χ3v) is 5.98. The van der Waals surface area contributed by atoms with Gasteiger partial charge in [0.1, 0.15) is 23.4 Å². The summed E-state index contributed by atoms with van der Waals surface area (Å²) >= 11 is 0. The number of ketones is 1. The van der Waals surface area contributed by atoms with Crippen LogP contribution in [-0.4, -0.2) is 62.7 Å². The maximum Gasteiger partial charge on any atom is 0.414 e. The van der Waals surface area contributed by atoms with Crippen molar-refractivity contribution in [3.05, 3.63) is 47.5 Å². The third-order valence-electron chi connectivity index (χ3n) is 5.98. The highest BCUT2D eigenvalue weighted by atomic mass is 16.6. The number of nitrogens with zero attached hydrogens (tertiary/aromatic N) is 2. The van der Waals surface area contributed by atoms with Gasteiger partial charge in [0.2, 0.25) is 5.91 Å². The van der Waals surface area contributed by atoms with Gasteiger partial charge < -0.3 is 23.8 Å². The predicted octanol–water partition coefficient (Wildman–Crippen LogP) is 3.43. The highest BCUT2D eigenvalue weighted by Crippen LogP contribution is 2.32. The lowest BCUT2D eigenvalue weighted by Crippen LogP contribution is -2.37. The number of ether oxygens (including phenoxy) is 4. The number of hydrogen-bond donors (Lipinski definition) is 0. The first-order valence-corrected chi connectivity index (χ1v) is 11.1. The van der Waals surface area contributed by atoms with Crippen LogP contribution in [0, 0.1) is 0 Å². The van der Waals surface area contributed by atoms with Crippen LogP contribution >= 0.6 is 0 Å². The van der Waals surface area contributed by atoms with E-state index in [-0.39, 0.29) is 24.8 Å². The molecule has 2 heterocycles. The molecule has 0 spiro atoms. The van der Waals surface area contributed by atoms with Crippen LogP contribution in [0.2, 0.25) is 0 Å². The molecule has 2 aromatic rings. The molecule has 4 rings (SSSR count). The Balaban J connectivity index is 1.47. The summed E-state index contributed by atoms with van der Waals surface area (Å²) in [7, 11) is 3.13. The van der Waals surface area contributed by atoms with Crippen molar-refractivity contribution in [2.45, 2.75) is 32.4 Å². The van der Waals surface area contributed by atoms with Crippen molar-refractivity contribution in [1.82, 2.24) is 4.90 Å². The second-order valence-electron chi connectivity index (χ2n) is 8.25. The molecule has 2 aromatic carbocycles. The summed E-state index contributed by atoms with van der Waals surface area (Å²) in [5.41, 5.74) is 1.93. The third kappa shape index (κ3) is 4.93. The number of benzene rings is 2. The van der Waals surface area contributed by atoms with Gasteiger partial charge in [0.25, 0.3) is 0 Å². The number of rotatable bonds is 7. The Labute approximate surface area is 198 Å². The van der Waals surface area contributed by atoms with E-state index in [1.54, 1.807) is 49.5 Å². The number of Topliss-reactive ketones (excluding diaryl/α,β-unsaturated/α-hetero) is 1. The van der Waals surface area contributed by atoms with Gasteiger partial charge in [0.05, 0.1) is 45.2 Å². The van der Waals surface area contributed by atoms with Crippen molar-refractivity contribution in [1.29, 1.82) is 0 Å². The number of carbonyl (C=O) groups excluding carboxylic acids is 3. The van der Waals surface area contributed by atoms with Gasteiger partial charge in [-0.25, -0.2) is 4.79 Å². The maximum absolute atomic E-state index is 12.6. The van der Waals surface area contributed by atoms with Crippen molar-refractivity contribution in [3.8, 4) is 17.2 Å². The molecule has 0 radical (unpaired) electrons. The summed E-state index contributed by atoms with van der Waals surface area (Å²) in [4.78, 5) is 40.3. The van der Waals surface area contributed by atoms with E-state index in [1.165, 1.54) is 11.8 Å². The molecular formula is C25H28N2O7. The molecule has 0 N–H and O–H groups in total. The van der Waals surface area contributed by atoms with Crippen LogP contribution in [-0.2, 0) is 16.1 Å². The average molecular weight is 469 g/mol. The average Bonchev–Trinajstić information content (AvgIpc) is 3.10. The molecule has 34 heavy (non-hydrogen) atoms. The maximum atomic E-state index is 12.6. The number of methoxy groups -OCH3 is 2. The molecule has 0 aromatic heterocycles. The Hall–Kier alpha value is -3.75. The van der Waals surface area contributed by atoms with Gasteiger partial charge in [0, 0.05) is 37.6 Å². The summed E-state index contributed by atoms with van der Waals surface area (Å²) in [6.45, 7) is 2.73. The number of hydrogen-bond acceptors (Lipinski definition) is 7. The van der Waals surface area contributed by atoms with Crippen molar-refractivity contribution in [2.75, 3.05) is 38.8 Å². The largest absolute Gasteiger partial charge is 0.497 e. The molecule has 2 aliphatic rings. The van der Waals surface area contributed by atoms with E-state index in [9.17, 15) is 14.4 Å². The molecule has 1 saturated heterocycles. The van der Waals surface area contributed by atoms with E-state index in [0.717, 1.165) is 5.56 Å². The summed E-state index contributed by atoms with van der Waals surface area (Å²) < 4.78 is 22.0. The van der Waals surface area contributed by atoms with Gasteiger partial charge in [-0.1, -0.05) is 0 Å². The van der Waals surface area contributed by atoms with E-state index in [1.807, 2.05) is 6.07 Å². The fourth-order valence-corrected chi connectivity index (χ4v) is 4.14. The van der Waals surface area contributed by atoms with Crippen LogP contribution in [0.1, 0.15) is 35.7 Å². The lowest BCUT2D eigenvalue weighted by molar-refractivity contribution is -0.130. The van der Waals surface area contributed by atoms with E-state index >= 15 is 0 Å². The Kier molecular flexibility index (Phi) is 6.90. The molecule has 0 saturated carbocycles. The van der Waals surface area contributed by atoms with Gasteiger partial charge in [-0.2, -0.15) is 0 Å². The van der Waals surface area contributed by atoms with E-state index < -0.39 is 12.2 Å². The first-order chi connectivity index (χ1) is 16.4. The fourth-order valence-electron chi connectivity index (χ4n) is 4.14. The van der Waals surface area contributed by atoms with E-state index in [2.05, 4.69) is 0 Å². The van der Waals surface area contributed by atoms with Crippen LogP contribution in [0.25, 0.3) is 0 Å². The highest BCUT2D eigenvalue weighted by Gasteiger charge is 2.35. The SMILES string of the molecule is COc1ccc(CN(CC2CN(c3ccc4c(c3)OCCCC4=O)C(=O)O2)C(C)=O)c(OC)c1. The van der Waals surface area contributed by atoms with Crippen LogP contribution in [0.15, 0.2) is 36.4 Å². The minimum absolute atomic E-state index is 0.0342. The van der Waals surface area contributed by atoms with E-state index in [0.29, 0.717) is 54.5 Å². The van der Waals surface area contributed by atoms with Gasteiger partial charge in [-0.3, -0.25) is 14.5 Å². The zero-order chi connectivity index (χ0) is 24.2. The van der Waals surface area contributed by atoms with Crippen molar-refractivity contribution >= 4 is 23.5 Å². The van der Waals surface area contributed by atoms with Crippen LogP contribution in [0.5, 0.6) is 17.2 Å². The smallest absolute Gasteiger partial charge is 0.414 e. The monoisotopic (exact) mass is 468 g/mol. The van der Waals surface area contributed by atoms with E-state index in [4.69, 9.17) is 18.9 Å². The number of cyclic esters (lactones) is 1. The molecule has 9 nitrogen and oxygen atoms in total. The van der Waals surface area contributed by atoms with Crippen molar-refractivity contribution in [3.63, 3.8) is 0 Å². The first-order valence-electron chi connectivity index (χ1n) is 11.1. The molecule has 0 bridgehead atoms. The number of fused-ring (bicyclic) bond motifs is 1. The van der Waals surface area contributed by atoms with Gasteiger partial charge >= 0.3 is 6.09 Å². The number of carbonyl (C=O) groups is 3. The molecular weight excluding hydrogens is 440 g/mol. The first kappa shape index (κ1) is 23.4. The second-order valence-corrected chi connectivity index (χ2v) is 8.25. The predicted molar refractivity (Wildman–Crippen MR) is 124 cm³/mol. The van der Waals surface area contributed by atoms with Crippen LogP contribution < -0.4 is 19.1 Å². The Morgan fingerprint density at radius 3 is 2.71 bits per heavy atom. The zero-order valence-corrected chi connectivity index (χ0v) is 19.5. The number of anilines is 1. The Bertz CT molecular complexity index is 1100. The highest BCUT2D eigenvalue weighted by molar-refractivity contribution is 6.00. The normalized spacial score (nSPS) is 17.4. The molecule has 2 amide bonds. The molecule has 0 aliphatic carbocycles. The molecule has 1 fully saturated rings. The Morgan fingerprint density at radius 2 is 1.97 bits per heavy atom. The minimum atomic E-state index is -0.512. The van der Waals surface area contributed by atoms with Crippen LogP contribution in [0.3, 0.4) is 0 Å². The van der Waals surface area contributed by atoms with Gasteiger partial charge in [-0.15, -0.1) is 0 Å². The summed E-state index contributed by atoms with van der Waals surface area (Å²) in [5, 5.41) is 0. The van der Waals surface area contributed by atoms with Crippen molar-refractivity contribution in [2.24, 2.45) is 0 Å². The summed E-state index contributed by atoms with van der Waals surface area (Å²) in [6, 6.07) is 10.5.